The lowest BCUT2D eigenvalue weighted by Crippen LogP contribution is -2.38. The second-order valence-corrected chi connectivity index (χ2v) is 7.97. The first-order chi connectivity index (χ1) is 12.6. The number of halogens is 1. The van der Waals surface area contributed by atoms with Gasteiger partial charge in [0.2, 0.25) is 5.91 Å². The van der Waals surface area contributed by atoms with Crippen molar-refractivity contribution in [2.75, 3.05) is 0 Å². The number of aromatic nitrogens is 1. The Balaban J connectivity index is 1.63. The van der Waals surface area contributed by atoms with E-state index in [1.165, 1.54) is 17.0 Å². The third-order valence-corrected chi connectivity index (χ3v) is 6.04. The van der Waals surface area contributed by atoms with Crippen LogP contribution in [0.1, 0.15) is 29.0 Å². The molecule has 1 saturated carbocycles. The van der Waals surface area contributed by atoms with Crippen molar-refractivity contribution in [3.63, 3.8) is 0 Å². The molecule has 0 atom stereocenters. The molecule has 1 fully saturated rings. The molecule has 1 aromatic carbocycles. The first-order valence-electron chi connectivity index (χ1n) is 8.76. The smallest absolute Gasteiger partial charge is 0.233 e. The second kappa shape index (κ2) is 6.72. The molecule has 0 unspecified atom stereocenters. The lowest BCUT2D eigenvalue weighted by molar-refractivity contribution is -0.135. The maximum absolute atomic E-state index is 13.5. The molecule has 0 spiro atoms. The van der Waals surface area contributed by atoms with Gasteiger partial charge in [-0.2, -0.15) is 0 Å². The van der Waals surface area contributed by atoms with E-state index in [1.807, 2.05) is 46.3 Å². The van der Waals surface area contributed by atoms with Crippen LogP contribution in [0.3, 0.4) is 0 Å². The van der Waals surface area contributed by atoms with Gasteiger partial charge in [0.15, 0.2) is 0 Å². The summed E-state index contributed by atoms with van der Waals surface area (Å²) in [6, 6.07) is 14.5. The summed E-state index contributed by atoms with van der Waals surface area (Å²) in [6.07, 6.45) is 3.65. The van der Waals surface area contributed by atoms with Gasteiger partial charge in [-0.3, -0.25) is 4.79 Å². The highest BCUT2D eigenvalue weighted by Crippen LogP contribution is 2.50. The fourth-order valence-corrected chi connectivity index (χ4v) is 4.19. The highest BCUT2D eigenvalue weighted by Gasteiger charge is 2.53. The van der Waals surface area contributed by atoms with Gasteiger partial charge in [-0.25, -0.2) is 4.39 Å². The number of nitrogens with zero attached hydrogens (tertiary/aromatic N) is 2. The Bertz CT molecular complexity index is 895. The van der Waals surface area contributed by atoms with E-state index in [9.17, 15) is 9.18 Å². The summed E-state index contributed by atoms with van der Waals surface area (Å²) >= 11 is 1.66. The number of carbonyl (C=O) groups excluding carboxylic acids is 1. The number of carbonyl (C=O) groups is 1. The van der Waals surface area contributed by atoms with E-state index >= 15 is 0 Å². The summed E-state index contributed by atoms with van der Waals surface area (Å²) in [5.74, 6) is -0.130. The Hall–Kier alpha value is -2.40. The average Bonchev–Trinajstić information content (AvgIpc) is 3.09. The van der Waals surface area contributed by atoms with Gasteiger partial charge in [-0.05, 0) is 54.1 Å². The SMILES string of the molecule is Cn1cccc1CN(Cc1cccs1)C(=O)C1(c2ccc(F)cc2)CC1. The van der Waals surface area contributed by atoms with Crippen molar-refractivity contribution in [1.82, 2.24) is 9.47 Å². The number of benzene rings is 1. The van der Waals surface area contributed by atoms with Crippen LogP contribution in [-0.4, -0.2) is 15.4 Å². The molecular weight excluding hydrogens is 347 g/mol. The quantitative estimate of drug-likeness (QED) is 0.629. The fraction of sp³-hybridized carbons (Fsp3) is 0.286. The van der Waals surface area contributed by atoms with E-state index in [0.717, 1.165) is 24.1 Å². The summed E-state index contributed by atoms with van der Waals surface area (Å²) in [7, 11) is 2.00. The van der Waals surface area contributed by atoms with Crippen molar-refractivity contribution in [2.45, 2.75) is 31.3 Å². The zero-order chi connectivity index (χ0) is 18.1. The molecule has 0 bridgehead atoms. The monoisotopic (exact) mass is 368 g/mol. The molecule has 0 radical (unpaired) electrons. The van der Waals surface area contributed by atoms with Crippen LogP contribution in [0.25, 0.3) is 0 Å². The molecule has 0 saturated heterocycles. The van der Waals surface area contributed by atoms with Gasteiger partial charge in [0, 0.05) is 23.8 Å². The van der Waals surface area contributed by atoms with Crippen molar-refractivity contribution < 1.29 is 9.18 Å². The molecule has 134 valence electrons. The van der Waals surface area contributed by atoms with Crippen molar-refractivity contribution in [1.29, 1.82) is 0 Å². The molecule has 4 rings (SSSR count). The van der Waals surface area contributed by atoms with Crippen LogP contribution in [-0.2, 0) is 30.3 Å². The first kappa shape index (κ1) is 17.0. The zero-order valence-electron chi connectivity index (χ0n) is 14.7. The topological polar surface area (TPSA) is 25.2 Å². The maximum atomic E-state index is 13.5. The van der Waals surface area contributed by atoms with Gasteiger partial charge >= 0.3 is 0 Å². The Morgan fingerprint density at radius 1 is 1.15 bits per heavy atom. The average molecular weight is 368 g/mol. The Labute approximate surface area is 156 Å². The summed E-state index contributed by atoms with van der Waals surface area (Å²) in [5.41, 5.74) is 1.53. The summed E-state index contributed by atoms with van der Waals surface area (Å²) in [6.45, 7) is 1.17. The molecule has 26 heavy (non-hydrogen) atoms. The minimum atomic E-state index is -0.490. The molecule has 0 N–H and O–H groups in total. The van der Waals surface area contributed by atoms with E-state index in [1.54, 1.807) is 23.5 Å². The summed E-state index contributed by atoms with van der Waals surface area (Å²) < 4.78 is 15.4. The Kier molecular flexibility index (Phi) is 4.41. The maximum Gasteiger partial charge on any atom is 0.233 e. The highest BCUT2D eigenvalue weighted by atomic mass is 32.1. The second-order valence-electron chi connectivity index (χ2n) is 6.94. The van der Waals surface area contributed by atoms with Crippen LogP contribution in [0.5, 0.6) is 0 Å². The lowest BCUT2D eigenvalue weighted by atomic mass is 9.94. The molecule has 5 heteroatoms. The van der Waals surface area contributed by atoms with Gasteiger partial charge in [-0.1, -0.05) is 18.2 Å². The standard InChI is InChI=1S/C21H21FN2OS/c1-23-12-2-4-18(23)14-24(15-19-5-3-13-26-19)20(25)21(10-11-21)16-6-8-17(22)9-7-16/h2-9,12-13H,10-11,14-15H2,1H3. The minimum Gasteiger partial charge on any atom is -0.353 e. The summed E-state index contributed by atoms with van der Waals surface area (Å²) in [4.78, 5) is 16.6. The molecule has 2 aromatic heterocycles. The van der Waals surface area contributed by atoms with E-state index in [-0.39, 0.29) is 11.7 Å². The van der Waals surface area contributed by atoms with Gasteiger partial charge < -0.3 is 9.47 Å². The van der Waals surface area contributed by atoms with Crippen LogP contribution < -0.4 is 0 Å². The van der Waals surface area contributed by atoms with Gasteiger partial charge in [0.05, 0.1) is 18.5 Å². The van der Waals surface area contributed by atoms with E-state index in [2.05, 4.69) is 6.07 Å². The minimum absolute atomic E-state index is 0.138. The molecule has 1 aliphatic rings. The first-order valence-corrected chi connectivity index (χ1v) is 9.64. The van der Waals surface area contributed by atoms with Gasteiger partial charge in [0.25, 0.3) is 0 Å². The van der Waals surface area contributed by atoms with Crippen LogP contribution in [0.4, 0.5) is 4.39 Å². The fourth-order valence-electron chi connectivity index (χ4n) is 3.47. The molecule has 3 nitrogen and oxygen atoms in total. The lowest BCUT2D eigenvalue weighted by Gasteiger charge is -2.28. The molecule has 2 heterocycles. The third-order valence-electron chi connectivity index (χ3n) is 5.17. The molecular formula is C21H21FN2OS. The zero-order valence-corrected chi connectivity index (χ0v) is 15.5. The van der Waals surface area contributed by atoms with E-state index in [4.69, 9.17) is 0 Å². The largest absolute Gasteiger partial charge is 0.353 e. The van der Waals surface area contributed by atoms with Crippen molar-refractivity contribution in [3.05, 3.63) is 82.1 Å². The number of hydrogen-bond donors (Lipinski definition) is 0. The number of amides is 1. The molecule has 0 aliphatic heterocycles. The number of aryl methyl sites for hydroxylation is 1. The predicted octanol–water partition coefficient (Wildman–Crippen LogP) is 4.49. The van der Waals surface area contributed by atoms with Gasteiger partial charge in [-0.15, -0.1) is 11.3 Å². The van der Waals surface area contributed by atoms with Crippen LogP contribution >= 0.6 is 11.3 Å². The van der Waals surface area contributed by atoms with E-state index < -0.39 is 5.41 Å². The number of rotatable bonds is 6. The normalized spacial score (nSPS) is 15.0. The number of thiophene rings is 1. The van der Waals surface area contributed by atoms with Crippen LogP contribution in [0.15, 0.2) is 60.1 Å². The molecule has 3 aromatic rings. The number of hydrogen-bond acceptors (Lipinski definition) is 2. The Morgan fingerprint density at radius 3 is 2.50 bits per heavy atom. The third kappa shape index (κ3) is 3.19. The molecule has 1 aliphatic carbocycles. The van der Waals surface area contributed by atoms with Crippen LogP contribution in [0, 0.1) is 5.82 Å². The summed E-state index contributed by atoms with van der Waals surface area (Å²) in [5, 5.41) is 2.04. The predicted molar refractivity (Wildman–Crippen MR) is 101 cm³/mol. The van der Waals surface area contributed by atoms with Crippen molar-refractivity contribution >= 4 is 17.2 Å². The Morgan fingerprint density at radius 2 is 1.92 bits per heavy atom. The van der Waals surface area contributed by atoms with E-state index in [0.29, 0.717) is 13.1 Å². The highest BCUT2D eigenvalue weighted by molar-refractivity contribution is 7.09. The van der Waals surface area contributed by atoms with Crippen molar-refractivity contribution in [3.8, 4) is 0 Å². The van der Waals surface area contributed by atoms with Crippen LogP contribution in [0.2, 0.25) is 0 Å². The van der Waals surface area contributed by atoms with Gasteiger partial charge in [0.1, 0.15) is 5.82 Å². The van der Waals surface area contributed by atoms with Crippen molar-refractivity contribution in [2.24, 2.45) is 7.05 Å². The molecule has 1 amide bonds.